The van der Waals surface area contributed by atoms with Gasteiger partial charge in [0.25, 0.3) is 0 Å². The Labute approximate surface area is 301 Å². The molecule has 244 valence electrons. The predicted octanol–water partition coefficient (Wildman–Crippen LogP) is 12.4. The summed E-state index contributed by atoms with van der Waals surface area (Å²) >= 11 is 0. The van der Waals surface area contributed by atoms with Gasteiger partial charge < -0.3 is 9.13 Å². The summed E-state index contributed by atoms with van der Waals surface area (Å²) in [6.07, 6.45) is 0. The summed E-state index contributed by atoms with van der Waals surface area (Å²) in [5.41, 5.74) is 12.4. The maximum atomic E-state index is 14.1. The predicted molar refractivity (Wildman–Crippen MR) is 216 cm³/mol. The number of carbonyl (C=O) groups is 1. The van der Waals surface area contributed by atoms with Crippen LogP contribution in [-0.4, -0.2) is 14.9 Å². The molecular formula is C49H32N2O. The van der Waals surface area contributed by atoms with Gasteiger partial charge in [0.05, 0.1) is 22.1 Å². The number of carbonyl (C=O) groups excluding carboxylic acids is 1. The Balaban J connectivity index is 1.01. The van der Waals surface area contributed by atoms with Crippen molar-refractivity contribution in [3.8, 4) is 33.6 Å². The van der Waals surface area contributed by atoms with Crippen molar-refractivity contribution < 1.29 is 4.79 Å². The summed E-state index contributed by atoms with van der Waals surface area (Å²) in [5.74, 6) is 0.00668. The van der Waals surface area contributed by atoms with E-state index >= 15 is 0 Å². The average Bonchev–Trinajstić information content (AvgIpc) is 3.73. The van der Waals surface area contributed by atoms with Crippen molar-refractivity contribution in [3.05, 3.63) is 205 Å². The lowest BCUT2D eigenvalue weighted by Gasteiger charge is -2.10. The van der Waals surface area contributed by atoms with Gasteiger partial charge in [0, 0.05) is 44.0 Å². The first kappa shape index (κ1) is 29.9. The van der Waals surface area contributed by atoms with Crippen molar-refractivity contribution in [2.45, 2.75) is 0 Å². The molecular weight excluding hydrogens is 633 g/mol. The number of nitrogens with zero attached hydrogens (tertiary/aromatic N) is 2. The minimum absolute atomic E-state index is 0.00668. The highest BCUT2D eigenvalue weighted by Crippen LogP contribution is 2.37. The SMILES string of the molecule is O=C(c1cccc(-c2ccc3c(c2)c2ccccc2n3-c2ccccc2)c1)c1cccc(-c2ccc3c(c2)c2ccccc2n3-c2ccccc2)c1. The van der Waals surface area contributed by atoms with E-state index in [1.165, 1.54) is 32.6 Å². The van der Waals surface area contributed by atoms with Crippen molar-refractivity contribution in [2.24, 2.45) is 0 Å². The number of rotatable bonds is 6. The molecule has 0 radical (unpaired) electrons. The maximum Gasteiger partial charge on any atom is 0.193 e. The van der Waals surface area contributed by atoms with E-state index in [4.69, 9.17) is 0 Å². The number of fused-ring (bicyclic) bond motifs is 6. The lowest BCUT2D eigenvalue weighted by molar-refractivity contribution is 0.103. The monoisotopic (exact) mass is 664 g/mol. The van der Waals surface area contributed by atoms with Crippen LogP contribution in [0.3, 0.4) is 0 Å². The van der Waals surface area contributed by atoms with E-state index in [2.05, 4.69) is 155 Å². The molecule has 0 aliphatic carbocycles. The Hall–Kier alpha value is -6.97. The zero-order chi connectivity index (χ0) is 34.6. The number of ketones is 1. The summed E-state index contributed by atoms with van der Waals surface area (Å²) in [6.45, 7) is 0. The molecule has 0 aliphatic heterocycles. The molecule has 0 fully saturated rings. The van der Waals surface area contributed by atoms with Crippen LogP contribution in [0.4, 0.5) is 0 Å². The summed E-state index contributed by atoms with van der Waals surface area (Å²) in [4.78, 5) is 14.1. The van der Waals surface area contributed by atoms with Crippen molar-refractivity contribution in [1.82, 2.24) is 9.13 Å². The van der Waals surface area contributed by atoms with Gasteiger partial charge in [-0.1, -0.05) is 121 Å². The smallest absolute Gasteiger partial charge is 0.193 e. The Morgan fingerprint density at radius 2 is 0.692 bits per heavy atom. The summed E-state index contributed by atoms with van der Waals surface area (Å²) in [7, 11) is 0. The molecule has 0 aliphatic rings. The Kier molecular flexibility index (Phi) is 6.97. The van der Waals surface area contributed by atoms with Crippen LogP contribution in [0.5, 0.6) is 0 Å². The third kappa shape index (κ3) is 4.86. The number of aromatic nitrogens is 2. The second-order valence-corrected chi connectivity index (χ2v) is 13.3. The molecule has 3 heteroatoms. The molecule has 10 aromatic rings. The van der Waals surface area contributed by atoms with Gasteiger partial charge in [-0.05, 0) is 95.1 Å². The van der Waals surface area contributed by atoms with Crippen molar-refractivity contribution in [3.63, 3.8) is 0 Å². The van der Waals surface area contributed by atoms with Crippen LogP contribution in [0, 0.1) is 0 Å². The minimum atomic E-state index is 0.00668. The Morgan fingerprint density at radius 1 is 0.308 bits per heavy atom. The fourth-order valence-electron chi connectivity index (χ4n) is 7.86. The van der Waals surface area contributed by atoms with Crippen LogP contribution in [0.1, 0.15) is 15.9 Å². The van der Waals surface area contributed by atoms with E-state index in [9.17, 15) is 4.79 Å². The highest BCUT2D eigenvalue weighted by molar-refractivity contribution is 6.13. The standard InChI is InChI=1S/C49H32N2O/c52-49(37-15-11-13-33(29-37)35-25-27-47-43(31-35)41-21-7-9-23-45(41)50(47)39-17-3-1-4-18-39)38-16-12-14-34(30-38)36-26-28-48-44(32-36)42-22-8-10-24-46(42)51(48)40-19-5-2-6-20-40/h1-32H. The van der Waals surface area contributed by atoms with Crippen LogP contribution in [0.2, 0.25) is 0 Å². The van der Waals surface area contributed by atoms with Crippen LogP contribution >= 0.6 is 0 Å². The van der Waals surface area contributed by atoms with Crippen molar-refractivity contribution in [2.75, 3.05) is 0 Å². The fraction of sp³-hybridized carbons (Fsp3) is 0. The molecule has 0 spiro atoms. The van der Waals surface area contributed by atoms with E-state index in [0.717, 1.165) is 44.7 Å². The Morgan fingerprint density at radius 3 is 1.15 bits per heavy atom. The van der Waals surface area contributed by atoms with Crippen LogP contribution in [0.15, 0.2) is 194 Å². The van der Waals surface area contributed by atoms with E-state index in [0.29, 0.717) is 11.1 Å². The summed E-state index contributed by atoms with van der Waals surface area (Å²) in [5, 5.41) is 4.78. The third-order valence-corrected chi connectivity index (χ3v) is 10.3. The zero-order valence-electron chi connectivity index (χ0n) is 28.3. The molecule has 0 bridgehead atoms. The van der Waals surface area contributed by atoms with Crippen LogP contribution in [-0.2, 0) is 0 Å². The summed E-state index contributed by atoms with van der Waals surface area (Å²) < 4.78 is 4.64. The maximum absolute atomic E-state index is 14.1. The fourth-order valence-corrected chi connectivity index (χ4v) is 7.86. The van der Waals surface area contributed by atoms with E-state index in [1.807, 2.05) is 48.5 Å². The highest BCUT2D eigenvalue weighted by Gasteiger charge is 2.17. The second-order valence-electron chi connectivity index (χ2n) is 13.3. The number of hydrogen-bond acceptors (Lipinski definition) is 1. The second kappa shape index (κ2) is 12.1. The van der Waals surface area contributed by atoms with Gasteiger partial charge in [-0.25, -0.2) is 0 Å². The lowest BCUT2D eigenvalue weighted by atomic mass is 9.95. The molecule has 10 rings (SSSR count). The van der Waals surface area contributed by atoms with Crippen molar-refractivity contribution in [1.29, 1.82) is 0 Å². The van der Waals surface area contributed by atoms with Gasteiger partial charge in [-0.15, -0.1) is 0 Å². The zero-order valence-corrected chi connectivity index (χ0v) is 28.3. The number of benzene rings is 8. The van der Waals surface area contributed by atoms with Crippen LogP contribution < -0.4 is 0 Å². The first-order valence-electron chi connectivity index (χ1n) is 17.6. The van der Waals surface area contributed by atoms with Gasteiger partial charge in [-0.3, -0.25) is 4.79 Å². The van der Waals surface area contributed by atoms with Gasteiger partial charge in [0.1, 0.15) is 0 Å². The molecule has 0 saturated carbocycles. The number of hydrogen-bond donors (Lipinski definition) is 0. The minimum Gasteiger partial charge on any atom is -0.309 e. The molecule has 52 heavy (non-hydrogen) atoms. The molecule has 8 aromatic carbocycles. The quantitative estimate of drug-likeness (QED) is 0.163. The topological polar surface area (TPSA) is 26.9 Å². The van der Waals surface area contributed by atoms with Gasteiger partial charge >= 0.3 is 0 Å². The first-order chi connectivity index (χ1) is 25.7. The Bertz CT molecular complexity index is 2770. The molecule has 2 heterocycles. The van der Waals surface area contributed by atoms with Gasteiger partial charge in [-0.2, -0.15) is 0 Å². The molecule has 0 N–H and O–H groups in total. The molecule has 3 nitrogen and oxygen atoms in total. The summed E-state index contributed by atoms with van der Waals surface area (Å²) in [6, 6.07) is 67.4. The molecule has 0 unspecified atom stereocenters. The number of para-hydroxylation sites is 4. The molecule has 2 aromatic heterocycles. The van der Waals surface area contributed by atoms with Crippen molar-refractivity contribution >= 4 is 49.4 Å². The van der Waals surface area contributed by atoms with Gasteiger partial charge in [0.2, 0.25) is 0 Å². The highest BCUT2D eigenvalue weighted by atomic mass is 16.1. The van der Waals surface area contributed by atoms with Gasteiger partial charge in [0.15, 0.2) is 5.78 Å². The molecule has 0 amide bonds. The van der Waals surface area contributed by atoms with E-state index in [-0.39, 0.29) is 5.78 Å². The first-order valence-corrected chi connectivity index (χ1v) is 17.6. The molecule has 0 saturated heterocycles. The lowest BCUT2D eigenvalue weighted by Crippen LogP contribution is -2.01. The van der Waals surface area contributed by atoms with E-state index < -0.39 is 0 Å². The molecule has 0 atom stereocenters. The van der Waals surface area contributed by atoms with E-state index in [1.54, 1.807) is 0 Å². The third-order valence-electron chi connectivity index (χ3n) is 10.3. The largest absolute Gasteiger partial charge is 0.309 e. The van der Waals surface area contributed by atoms with Crippen LogP contribution in [0.25, 0.3) is 77.2 Å². The normalized spacial score (nSPS) is 11.5. The average molecular weight is 665 g/mol.